The minimum atomic E-state index is 0.146. The molecule has 1 saturated heterocycles. The highest BCUT2D eigenvalue weighted by atomic mass is 16.5. The number of carbonyl (C=O) groups excluding carboxylic acids is 1. The van der Waals surface area contributed by atoms with Crippen molar-refractivity contribution in [3.05, 3.63) is 29.5 Å². The van der Waals surface area contributed by atoms with E-state index in [1.807, 2.05) is 18.7 Å². The molecule has 0 unspecified atom stereocenters. The number of aryl methyl sites for hydroxylation is 2. The monoisotopic (exact) mass is 300 g/mol. The smallest absolute Gasteiger partial charge is 0.219 e. The summed E-state index contributed by atoms with van der Waals surface area (Å²) in [7, 11) is 0. The van der Waals surface area contributed by atoms with Gasteiger partial charge in [0.2, 0.25) is 5.91 Å². The van der Waals surface area contributed by atoms with Crippen LogP contribution < -0.4 is 0 Å². The van der Waals surface area contributed by atoms with Gasteiger partial charge < -0.3 is 9.42 Å². The lowest BCUT2D eigenvalue weighted by atomic mass is 9.98. The molecular weight excluding hydrogens is 280 g/mol. The lowest BCUT2D eigenvalue weighted by Gasteiger charge is -2.14. The van der Waals surface area contributed by atoms with Gasteiger partial charge in [-0.2, -0.15) is 0 Å². The van der Waals surface area contributed by atoms with Gasteiger partial charge in [-0.05, 0) is 32.6 Å². The first-order valence-corrected chi connectivity index (χ1v) is 7.55. The number of hydrogen-bond donors (Lipinski definition) is 0. The topological polar surface area (TPSA) is 72.1 Å². The molecule has 1 aliphatic heterocycles. The molecular formula is C16H20N4O2. The van der Waals surface area contributed by atoms with Crippen molar-refractivity contribution in [1.29, 1.82) is 0 Å². The Hall–Kier alpha value is -2.24. The van der Waals surface area contributed by atoms with Crippen LogP contribution in [0.15, 0.2) is 16.9 Å². The van der Waals surface area contributed by atoms with Crippen LogP contribution in [0.1, 0.15) is 30.5 Å². The maximum absolute atomic E-state index is 11.5. The second-order valence-corrected chi connectivity index (χ2v) is 5.87. The Morgan fingerprint density at radius 1 is 1.36 bits per heavy atom. The van der Waals surface area contributed by atoms with Crippen molar-refractivity contribution >= 4 is 5.91 Å². The largest absolute Gasteiger partial charge is 0.361 e. The molecule has 116 valence electrons. The van der Waals surface area contributed by atoms with Gasteiger partial charge in [-0.25, -0.2) is 0 Å². The first-order chi connectivity index (χ1) is 10.6. The van der Waals surface area contributed by atoms with Crippen molar-refractivity contribution in [3.63, 3.8) is 0 Å². The number of amides is 1. The Morgan fingerprint density at radius 3 is 2.77 bits per heavy atom. The number of likely N-dealkylation sites (tertiary alicyclic amines) is 1. The highest BCUT2D eigenvalue weighted by Gasteiger charge is 2.26. The predicted octanol–water partition coefficient (Wildman–Crippen LogP) is 2.16. The van der Waals surface area contributed by atoms with E-state index in [2.05, 4.69) is 15.1 Å². The van der Waals surface area contributed by atoms with Crippen LogP contribution >= 0.6 is 0 Å². The van der Waals surface area contributed by atoms with Crippen molar-refractivity contribution < 1.29 is 9.32 Å². The van der Waals surface area contributed by atoms with Crippen molar-refractivity contribution in [2.24, 2.45) is 5.92 Å². The first-order valence-electron chi connectivity index (χ1n) is 7.55. The average Bonchev–Trinajstić information content (AvgIpc) is 3.08. The van der Waals surface area contributed by atoms with E-state index in [1.54, 1.807) is 19.3 Å². The van der Waals surface area contributed by atoms with Crippen LogP contribution in [0.3, 0.4) is 0 Å². The van der Waals surface area contributed by atoms with Crippen LogP contribution in [0.4, 0.5) is 0 Å². The Morgan fingerprint density at radius 2 is 2.14 bits per heavy atom. The quantitative estimate of drug-likeness (QED) is 0.868. The molecule has 1 atom stereocenters. The fourth-order valence-corrected chi connectivity index (χ4v) is 3.10. The van der Waals surface area contributed by atoms with Crippen molar-refractivity contribution in [2.45, 2.75) is 33.6 Å². The van der Waals surface area contributed by atoms with Crippen LogP contribution in [-0.2, 0) is 11.2 Å². The lowest BCUT2D eigenvalue weighted by Crippen LogP contribution is -2.26. The zero-order valence-corrected chi connectivity index (χ0v) is 13.2. The summed E-state index contributed by atoms with van der Waals surface area (Å²) < 4.78 is 5.25. The third-order valence-electron chi connectivity index (χ3n) is 4.26. The summed E-state index contributed by atoms with van der Waals surface area (Å²) in [5.41, 5.74) is 3.56. The zero-order valence-electron chi connectivity index (χ0n) is 13.2. The van der Waals surface area contributed by atoms with Gasteiger partial charge in [0, 0.05) is 32.4 Å². The van der Waals surface area contributed by atoms with E-state index in [9.17, 15) is 4.79 Å². The second kappa shape index (κ2) is 5.87. The highest BCUT2D eigenvalue weighted by molar-refractivity contribution is 5.73. The van der Waals surface area contributed by atoms with Gasteiger partial charge in [0.25, 0.3) is 0 Å². The zero-order chi connectivity index (χ0) is 15.7. The van der Waals surface area contributed by atoms with Crippen molar-refractivity contribution in [3.8, 4) is 11.3 Å². The van der Waals surface area contributed by atoms with Gasteiger partial charge in [-0.3, -0.25) is 14.8 Å². The molecule has 1 amide bonds. The third kappa shape index (κ3) is 2.73. The van der Waals surface area contributed by atoms with Gasteiger partial charge in [0.1, 0.15) is 5.76 Å². The summed E-state index contributed by atoms with van der Waals surface area (Å²) >= 11 is 0. The molecule has 0 radical (unpaired) electrons. The molecule has 0 saturated carbocycles. The van der Waals surface area contributed by atoms with Crippen LogP contribution in [-0.4, -0.2) is 39.0 Å². The van der Waals surface area contributed by atoms with Gasteiger partial charge >= 0.3 is 0 Å². The Balaban J connectivity index is 1.85. The van der Waals surface area contributed by atoms with E-state index in [0.717, 1.165) is 54.3 Å². The summed E-state index contributed by atoms with van der Waals surface area (Å²) in [5, 5.41) is 4.01. The molecule has 2 aromatic heterocycles. The minimum absolute atomic E-state index is 0.146. The minimum Gasteiger partial charge on any atom is -0.361 e. The maximum atomic E-state index is 11.5. The Kier molecular flexibility index (Phi) is 3.92. The number of hydrogen-bond acceptors (Lipinski definition) is 5. The van der Waals surface area contributed by atoms with E-state index in [-0.39, 0.29) is 5.91 Å². The molecule has 1 aliphatic rings. The molecule has 0 bridgehead atoms. The molecule has 0 aliphatic carbocycles. The van der Waals surface area contributed by atoms with E-state index in [0.29, 0.717) is 5.92 Å². The molecule has 0 spiro atoms. The van der Waals surface area contributed by atoms with Gasteiger partial charge in [-0.15, -0.1) is 0 Å². The van der Waals surface area contributed by atoms with E-state index in [1.165, 1.54) is 0 Å². The first kappa shape index (κ1) is 14.7. The summed E-state index contributed by atoms with van der Waals surface area (Å²) in [6.45, 7) is 7.06. The summed E-state index contributed by atoms with van der Waals surface area (Å²) in [4.78, 5) is 22.4. The maximum Gasteiger partial charge on any atom is 0.219 e. The number of carbonyl (C=O) groups is 1. The van der Waals surface area contributed by atoms with Crippen LogP contribution in [0.25, 0.3) is 11.3 Å². The van der Waals surface area contributed by atoms with Gasteiger partial charge in [0.15, 0.2) is 0 Å². The third-order valence-corrected chi connectivity index (χ3v) is 4.26. The molecule has 1 fully saturated rings. The molecule has 2 aromatic rings. The van der Waals surface area contributed by atoms with Crippen molar-refractivity contribution in [2.75, 3.05) is 13.1 Å². The van der Waals surface area contributed by atoms with Gasteiger partial charge in [0.05, 0.1) is 22.6 Å². The van der Waals surface area contributed by atoms with E-state index in [4.69, 9.17) is 4.52 Å². The number of nitrogens with zero attached hydrogens (tertiary/aromatic N) is 4. The normalized spacial score (nSPS) is 18.0. The Labute approximate surface area is 129 Å². The molecule has 22 heavy (non-hydrogen) atoms. The van der Waals surface area contributed by atoms with Crippen LogP contribution in [0.2, 0.25) is 0 Å². The molecule has 3 rings (SSSR count). The van der Waals surface area contributed by atoms with Crippen LogP contribution in [0, 0.1) is 19.8 Å². The molecule has 0 aromatic carbocycles. The lowest BCUT2D eigenvalue weighted by molar-refractivity contribution is -0.127. The van der Waals surface area contributed by atoms with Crippen LogP contribution in [0.5, 0.6) is 0 Å². The Bertz CT molecular complexity index is 676. The molecule has 3 heterocycles. The van der Waals surface area contributed by atoms with Crippen molar-refractivity contribution in [1.82, 2.24) is 20.0 Å². The van der Waals surface area contributed by atoms with Gasteiger partial charge in [-0.1, -0.05) is 5.16 Å². The SMILES string of the molecule is CC(=O)N1CC[C@H](Cc2nccnc2-c2c(C)noc2C)C1. The standard InChI is InChI=1S/C16H20N4O2/c1-10-15(11(2)22-19-10)16-14(17-5-6-18-16)8-13-4-7-20(9-13)12(3)21/h5-6,13H,4,7-9H2,1-3H3/t13-/m1/s1. The van der Waals surface area contributed by atoms with E-state index < -0.39 is 0 Å². The molecule has 0 N–H and O–H groups in total. The summed E-state index contributed by atoms with van der Waals surface area (Å²) in [6, 6.07) is 0. The fourth-order valence-electron chi connectivity index (χ4n) is 3.10. The average molecular weight is 300 g/mol. The molecule has 6 heteroatoms. The highest BCUT2D eigenvalue weighted by Crippen LogP contribution is 2.29. The summed E-state index contributed by atoms with van der Waals surface area (Å²) in [5.74, 6) is 1.34. The van der Waals surface area contributed by atoms with E-state index >= 15 is 0 Å². The number of aromatic nitrogens is 3. The summed E-state index contributed by atoms with van der Waals surface area (Å²) in [6.07, 6.45) is 5.24. The second-order valence-electron chi connectivity index (χ2n) is 5.87. The number of rotatable bonds is 3. The predicted molar refractivity (Wildman–Crippen MR) is 81.1 cm³/mol. The molecule has 6 nitrogen and oxygen atoms in total. The fraction of sp³-hybridized carbons (Fsp3) is 0.500.